The Labute approximate surface area is 144 Å². The minimum absolute atomic E-state index is 0.0300. The Kier molecular flexibility index (Phi) is 4.56. The standard InChI is InChI=1S/C18H16N4O3/c1-13-7-8-16(9-17(13)22(24)25)20-18(23)15-10-19-21(12-15)11-14-5-3-2-4-6-14/h2-10,12H,11H2,1H3,(H,20,23). The molecule has 7 nitrogen and oxygen atoms in total. The highest BCUT2D eigenvalue weighted by Gasteiger charge is 2.14. The Morgan fingerprint density at radius 2 is 2.00 bits per heavy atom. The lowest BCUT2D eigenvalue weighted by Crippen LogP contribution is -2.11. The lowest BCUT2D eigenvalue weighted by atomic mass is 10.2. The zero-order chi connectivity index (χ0) is 17.8. The number of aromatic nitrogens is 2. The van der Waals surface area contributed by atoms with Crippen LogP contribution in [0.2, 0.25) is 0 Å². The fourth-order valence-electron chi connectivity index (χ4n) is 2.42. The summed E-state index contributed by atoms with van der Waals surface area (Å²) in [6.45, 7) is 2.21. The minimum atomic E-state index is -0.469. The second-order valence-corrected chi connectivity index (χ2v) is 5.62. The van der Waals surface area contributed by atoms with Gasteiger partial charge in [0.1, 0.15) is 0 Å². The van der Waals surface area contributed by atoms with Crippen LogP contribution in [0.3, 0.4) is 0 Å². The maximum absolute atomic E-state index is 12.3. The number of nitrogens with one attached hydrogen (secondary N) is 1. The molecule has 3 rings (SSSR count). The van der Waals surface area contributed by atoms with Crippen molar-refractivity contribution in [3.63, 3.8) is 0 Å². The molecule has 0 bridgehead atoms. The largest absolute Gasteiger partial charge is 0.322 e. The molecule has 7 heteroatoms. The first-order valence-corrected chi connectivity index (χ1v) is 7.66. The first-order chi connectivity index (χ1) is 12.0. The summed E-state index contributed by atoms with van der Waals surface area (Å²) in [7, 11) is 0. The molecule has 0 spiro atoms. The number of carbonyl (C=O) groups excluding carboxylic acids is 1. The van der Waals surface area contributed by atoms with Crippen LogP contribution in [-0.4, -0.2) is 20.6 Å². The van der Waals surface area contributed by atoms with Crippen LogP contribution in [0.1, 0.15) is 21.5 Å². The molecule has 1 amide bonds. The molecule has 1 aromatic heterocycles. The molecule has 0 unspecified atom stereocenters. The fraction of sp³-hybridized carbons (Fsp3) is 0.111. The summed E-state index contributed by atoms with van der Waals surface area (Å²) < 4.78 is 1.67. The first kappa shape index (κ1) is 16.4. The monoisotopic (exact) mass is 336 g/mol. The summed E-state index contributed by atoms with van der Waals surface area (Å²) in [6.07, 6.45) is 3.12. The summed E-state index contributed by atoms with van der Waals surface area (Å²) in [4.78, 5) is 22.8. The molecule has 0 radical (unpaired) electrons. The van der Waals surface area contributed by atoms with E-state index < -0.39 is 4.92 Å². The van der Waals surface area contributed by atoms with E-state index in [1.807, 2.05) is 30.3 Å². The maximum atomic E-state index is 12.3. The quantitative estimate of drug-likeness (QED) is 0.571. The molecular formula is C18H16N4O3. The normalized spacial score (nSPS) is 10.4. The molecule has 0 atom stereocenters. The number of anilines is 1. The molecule has 3 aromatic rings. The SMILES string of the molecule is Cc1ccc(NC(=O)c2cnn(Cc3ccccc3)c2)cc1[N+](=O)[O-]. The predicted molar refractivity (Wildman–Crippen MR) is 93.6 cm³/mol. The van der Waals surface area contributed by atoms with E-state index >= 15 is 0 Å². The van der Waals surface area contributed by atoms with Crippen molar-refractivity contribution in [3.05, 3.63) is 87.7 Å². The van der Waals surface area contributed by atoms with E-state index in [1.165, 1.54) is 12.3 Å². The summed E-state index contributed by atoms with van der Waals surface area (Å²) in [5.41, 5.74) is 2.35. The van der Waals surface area contributed by atoms with Crippen molar-refractivity contribution >= 4 is 17.3 Å². The van der Waals surface area contributed by atoms with Crippen molar-refractivity contribution in [1.82, 2.24) is 9.78 Å². The van der Waals surface area contributed by atoms with Gasteiger partial charge in [-0.05, 0) is 18.6 Å². The maximum Gasteiger partial charge on any atom is 0.274 e. The van der Waals surface area contributed by atoms with Crippen LogP contribution in [0.25, 0.3) is 0 Å². The van der Waals surface area contributed by atoms with E-state index in [-0.39, 0.29) is 11.6 Å². The van der Waals surface area contributed by atoms with Crippen molar-refractivity contribution in [2.24, 2.45) is 0 Å². The average Bonchev–Trinajstić information content (AvgIpc) is 3.06. The van der Waals surface area contributed by atoms with Gasteiger partial charge in [-0.15, -0.1) is 0 Å². The van der Waals surface area contributed by atoms with Gasteiger partial charge in [-0.25, -0.2) is 0 Å². The zero-order valence-electron chi connectivity index (χ0n) is 13.5. The number of hydrogen-bond donors (Lipinski definition) is 1. The number of amides is 1. The Balaban J connectivity index is 1.72. The van der Waals surface area contributed by atoms with Crippen LogP contribution in [0.5, 0.6) is 0 Å². The highest BCUT2D eigenvalue weighted by atomic mass is 16.6. The molecule has 2 aromatic carbocycles. The molecule has 0 aliphatic rings. The van der Waals surface area contributed by atoms with Crippen molar-refractivity contribution in [3.8, 4) is 0 Å². The third-order valence-corrected chi connectivity index (χ3v) is 3.75. The minimum Gasteiger partial charge on any atom is -0.322 e. The molecule has 0 saturated carbocycles. The van der Waals surface area contributed by atoms with E-state index in [2.05, 4.69) is 10.4 Å². The van der Waals surface area contributed by atoms with E-state index in [4.69, 9.17) is 0 Å². The molecule has 126 valence electrons. The van der Waals surface area contributed by atoms with Gasteiger partial charge < -0.3 is 5.32 Å². The summed E-state index contributed by atoms with van der Waals surface area (Å²) in [5, 5.41) is 17.8. The van der Waals surface area contributed by atoms with Crippen LogP contribution < -0.4 is 5.32 Å². The highest BCUT2D eigenvalue weighted by molar-refractivity contribution is 6.04. The van der Waals surface area contributed by atoms with Crippen molar-refractivity contribution in [2.45, 2.75) is 13.5 Å². The highest BCUT2D eigenvalue weighted by Crippen LogP contribution is 2.22. The Hall–Kier alpha value is -3.48. The lowest BCUT2D eigenvalue weighted by Gasteiger charge is -2.05. The third-order valence-electron chi connectivity index (χ3n) is 3.75. The molecular weight excluding hydrogens is 320 g/mol. The molecule has 1 heterocycles. The number of nitro groups is 1. The average molecular weight is 336 g/mol. The number of aryl methyl sites for hydroxylation is 1. The fourth-order valence-corrected chi connectivity index (χ4v) is 2.42. The second-order valence-electron chi connectivity index (χ2n) is 5.62. The Morgan fingerprint density at radius 3 is 2.72 bits per heavy atom. The van der Waals surface area contributed by atoms with Crippen LogP contribution in [0, 0.1) is 17.0 Å². The van der Waals surface area contributed by atoms with E-state index in [0.29, 0.717) is 23.4 Å². The van der Waals surface area contributed by atoms with Gasteiger partial charge in [0, 0.05) is 23.5 Å². The number of carbonyl (C=O) groups is 1. The van der Waals surface area contributed by atoms with Gasteiger partial charge in [-0.1, -0.05) is 36.4 Å². The van der Waals surface area contributed by atoms with Crippen molar-refractivity contribution < 1.29 is 9.72 Å². The van der Waals surface area contributed by atoms with Gasteiger partial charge >= 0.3 is 0 Å². The first-order valence-electron chi connectivity index (χ1n) is 7.66. The van der Waals surface area contributed by atoms with Gasteiger partial charge in [0.2, 0.25) is 0 Å². The van der Waals surface area contributed by atoms with Crippen molar-refractivity contribution in [2.75, 3.05) is 5.32 Å². The molecule has 0 saturated heterocycles. The van der Waals surface area contributed by atoms with Crippen LogP contribution in [0.4, 0.5) is 11.4 Å². The van der Waals surface area contributed by atoms with Crippen LogP contribution in [-0.2, 0) is 6.54 Å². The number of nitro benzene ring substituents is 1. The van der Waals surface area contributed by atoms with Gasteiger partial charge in [-0.3, -0.25) is 19.6 Å². The Morgan fingerprint density at radius 1 is 1.24 bits per heavy atom. The molecule has 25 heavy (non-hydrogen) atoms. The van der Waals surface area contributed by atoms with E-state index in [1.54, 1.807) is 29.9 Å². The van der Waals surface area contributed by atoms with Crippen LogP contribution in [0.15, 0.2) is 60.9 Å². The van der Waals surface area contributed by atoms with Gasteiger partial charge in [0.25, 0.3) is 11.6 Å². The van der Waals surface area contributed by atoms with E-state index in [0.717, 1.165) is 5.56 Å². The van der Waals surface area contributed by atoms with Gasteiger partial charge in [0.05, 0.1) is 23.2 Å². The predicted octanol–water partition coefficient (Wildman–Crippen LogP) is 3.40. The van der Waals surface area contributed by atoms with Gasteiger partial charge in [0.15, 0.2) is 0 Å². The second kappa shape index (κ2) is 6.96. The topological polar surface area (TPSA) is 90.1 Å². The van der Waals surface area contributed by atoms with Gasteiger partial charge in [-0.2, -0.15) is 5.10 Å². The third kappa shape index (κ3) is 3.89. The number of nitrogens with zero attached hydrogens (tertiary/aromatic N) is 3. The zero-order valence-corrected chi connectivity index (χ0v) is 13.5. The molecule has 0 aliphatic heterocycles. The molecule has 0 aliphatic carbocycles. The summed E-state index contributed by atoms with van der Waals surface area (Å²) in [5.74, 6) is -0.363. The summed E-state index contributed by atoms with van der Waals surface area (Å²) >= 11 is 0. The smallest absolute Gasteiger partial charge is 0.274 e. The number of benzene rings is 2. The molecule has 0 fully saturated rings. The van der Waals surface area contributed by atoms with Crippen molar-refractivity contribution in [1.29, 1.82) is 0 Å². The molecule has 1 N–H and O–H groups in total. The van der Waals surface area contributed by atoms with Crippen LogP contribution >= 0.6 is 0 Å². The number of hydrogen-bond acceptors (Lipinski definition) is 4. The lowest BCUT2D eigenvalue weighted by molar-refractivity contribution is -0.385. The summed E-state index contributed by atoms with van der Waals surface area (Å²) in [6, 6.07) is 14.4. The number of rotatable bonds is 5. The Bertz CT molecular complexity index is 919. The van der Waals surface area contributed by atoms with E-state index in [9.17, 15) is 14.9 Å².